The third-order valence-electron chi connectivity index (χ3n) is 7.32. The highest BCUT2D eigenvalue weighted by atomic mass is 35.5. The quantitative estimate of drug-likeness (QED) is 0.590. The summed E-state index contributed by atoms with van der Waals surface area (Å²) in [5, 5.41) is 11.8. The fourth-order valence-corrected chi connectivity index (χ4v) is 5.14. The van der Waals surface area contributed by atoms with Crippen molar-refractivity contribution in [2.75, 3.05) is 0 Å². The number of rotatable bonds is 4. The van der Waals surface area contributed by atoms with Gasteiger partial charge in [-0.15, -0.1) is 0 Å². The molecule has 2 aliphatic rings. The third kappa shape index (κ3) is 2.98. The van der Waals surface area contributed by atoms with Crippen LogP contribution in [-0.4, -0.2) is 10.9 Å². The average molecular weight is 411 g/mol. The second-order valence-corrected chi connectivity index (χ2v) is 9.40. The number of aryl methyl sites for hydroxylation is 1. The van der Waals surface area contributed by atoms with E-state index in [0.29, 0.717) is 22.1 Å². The summed E-state index contributed by atoms with van der Waals surface area (Å²) in [6.45, 7) is 8.33. The van der Waals surface area contributed by atoms with E-state index in [9.17, 15) is 9.90 Å². The number of hydrogen-bond donors (Lipinski definition) is 1. The van der Waals surface area contributed by atoms with Crippen molar-refractivity contribution in [2.24, 2.45) is 16.7 Å². The Hall–Kier alpha value is -2.26. The summed E-state index contributed by atoms with van der Waals surface area (Å²) in [6, 6.07) is 12.9. The van der Waals surface area contributed by atoms with E-state index in [1.54, 1.807) is 12.1 Å². The number of carbonyl (C=O) groups excluding carboxylic acids is 1. The Balaban J connectivity index is 1.80. The largest absolute Gasteiger partial charge is 0.511 e. The van der Waals surface area contributed by atoms with Crippen LogP contribution < -0.4 is 4.74 Å². The summed E-state index contributed by atoms with van der Waals surface area (Å²) in [7, 11) is 0. The van der Waals surface area contributed by atoms with Crippen LogP contribution in [0.15, 0.2) is 48.2 Å². The normalized spacial score (nSPS) is 25.4. The number of ketones is 1. The Morgan fingerprint density at radius 2 is 1.76 bits per heavy atom. The lowest BCUT2D eigenvalue weighted by molar-refractivity contribution is -0.128. The summed E-state index contributed by atoms with van der Waals surface area (Å²) in [5.74, 6) is 1.60. The van der Waals surface area contributed by atoms with Gasteiger partial charge < -0.3 is 9.84 Å². The second-order valence-electron chi connectivity index (χ2n) is 8.96. The van der Waals surface area contributed by atoms with Gasteiger partial charge in [0.05, 0.1) is 5.57 Å². The standard InChI is InChI=1S/C25H27ClO3/c1-5-15-6-9-18(29-17-10-7-16(26)8-11-17)14-19(15)21-22(27)20-12-13-25(4,23(21)28)24(20,2)3/h6-11,14,20,27H,5,12-13H2,1-4H3/t20-,25+/m0/s1. The van der Waals surface area contributed by atoms with Gasteiger partial charge in [0.1, 0.15) is 17.3 Å². The molecule has 0 heterocycles. The monoisotopic (exact) mass is 410 g/mol. The first-order valence-electron chi connectivity index (χ1n) is 10.2. The van der Waals surface area contributed by atoms with E-state index in [0.717, 1.165) is 30.4 Å². The molecule has 1 N–H and O–H groups in total. The zero-order valence-corrected chi connectivity index (χ0v) is 18.1. The molecule has 29 heavy (non-hydrogen) atoms. The minimum Gasteiger partial charge on any atom is -0.511 e. The van der Waals surface area contributed by atoms with Crippen molar-refractivity contribution in [3.8, 4) is 11.5 Å². The number of ether oxygens (including phenoxy) is 1. The fourth-order valence-electron chi connectivity index (χ4n) is 5.01. The van der Waals surface area contributed by atoms with Gasteiger partial charge in [-0.1, -0.05) is 45.4 Å². The molecular formula is C25H27ClO3. The first-order valence-corrected chi connectivity index (χ1v) is 10.6. The van der Waals surface area contributed by atoms with Crippen molar-refractivity contribution in [1.82, 2.24) is 0 Å². The van der Waals surface area contributed by atoms with Crippen molar-refractivity contribution >= 4 is 23.0 Å². The topological polar surface area (TPSA) is 46.5 Å². The smallest absolute Gasteiger partial charge is 0.173 e. The molecule has 4 rings (SSSR count). The minimum absolute atomic E-state index is 0.00532. The zero-order chi connectivity index (χ0) is 21.0. The Labute approximate surface area is 177 Å². The van der Waals surface area contributed by atoms with Crippen molar-refractivity contribution in [3.05, 3.63) is 64.4 Å². The third-order valence-corrected chi connectivity index (χ3v) is 7.57. The van der Waals surface area contributed by atoms with Crippen LogP contribution in [0.4, 0.5) is 0 Å². The van der Waals surface area contributed by atoms with E-state index in [1.165, 1.54) is 0 Å². The van der Waals surface area contributed by atoms with Gasteiger partial charge in [-0.05, 0) is 72.2 Å². The summed E-state index contributed by atoms with van der Waals surface area (Å²) >= 11 is 5.96. The molecule has 4 heteroatoms. The first-order chi connectivity index (χ1) is 13.7. The molecule has 0 aromatic heterocycles. The molecule has 2 aromatic rings. The molecule has 0 saturated heterocycles. The van der Waals surface area contributed by atoms with E-state index >= 15 is 0 Å². The zero-order valence-electron chi connectivity index (χ0n) is 17.4. The van der Waals surface area contributed by atoms with E-state index in [1.807, 2.05) is 30.3 Å². The van der Waals surface area contributed by atoms with Crippen molar-refractivity contribution < 1.29 is 14.6 Å². The molecule has 152 valence electrons. The molecule has 0 amide bonds. The van der Waals surface area contributed by atoms with Gasteiger partial charge in [-0.3, -0.25) is 4.79 Å². The Kier molecular flexibility index (Phi) is 4.77. The highest BCUT2D eigenvalue weighted by molar-refractivity contribution is 6.30. The van der Waals surface area contributed by atoms with Crippen molar-refractivity contribution in [1.29, 1.82) is 0 Å². The molecule has 1 fully saturated rings. The summed E-state index contributed by atoms with van der Waals surface area (Å²) in [4.78, 5) is 13.6. The molecule has 2 aromatic carbocycles. The predicted molar refractivity (Wildman–Crippen MR) is 117 cm³/mol. The van der Waals surface area contributed by atoms with Crippen molar-refractivity contribution in [2.45, 2.75) is 47.0 Å². The lowest BCUT2D eigenvalue weighted by Crippen LogP contribution is -2.45. The summed E-state index contributed by atoms with van der Waals surface area (Å²) in [6.07, 6.45) is 2.41. The number of hydrogen-bond acceptors (Lipinski definition) is 3. The number of benzene rings is 2. The van der Waals surface area contributed by atoms with E-state index in [4.69, 9.17) is 16.3 Å². The molecule has 2 atom stereocenters. The predicted octanol–water partition coefficient (Wildman–Crippen LogP) is 6.99. The van der Waals surface area contributed by atoms with Gasteiger partial charge in [-0.25, -0.2) is 0 Å². The van der Waals surface area contributed by atoms with Gasteiger partial charge in [0.15, 0.2) is 5.78 Å². The highest BCUT2D eigenvalue weighted by Gasteiger charge is 2.61. The Bertz CT molecular complexity index is 1000. The number of halogens is 1. The average Bonchev–Trinajstić information content (AvgIpc) is 2.87. The van der Waals surface area contributed by atoms with Crippen LogP contribution in [-0.2, 0) is 11.2 Å². The van der Waals surface area contributed by atoms with Gasteiger partial charge in [0, 0.05) is 16.4 Å². The lowest BCUT2D eigenvalue weighted by Gasteiger charge is -2.45. The first kappa shape index (κ1) is 20.0. The maximum absolute atomic E-state index is 13.6. The Morgan fingerprint density at radius 3 is 2.41 bits per heavy atom. The highest BCUT2D eigenvalue weighted by Crippen LogP contribution is 2.63. The number of allylic oxidation sites excluding steroid dienone is 2. The number of Topliss-reactive ketones (excluding diaryl/α,β-unsaturated/α-hetero) is 1. The number of carbonyl (C=O) groups is 1. The van der Waals surface area contributed by atoms with E-state index < -0.39 is 5.41 Å². The van der Waals surface area contributed by atoms with E-state index in [-0.39, 0.29) is 22.9 Å². The lowest BCUT2D eigenvalue weighted by atomic mass is 9.58. The van der Waals surface area contributed by atoms with Crippen LogP contribution in [0.5, 0.6) is 11.5 Å². The fraction of sp³-hybridized carbons (Fsp3) is 0.400. The molecule has 0 unspecified atom stereocenters. The van der Waals surface area contributed by atoms with Gasteiger partial charge in [0.25, 0.3) is 0 Å². The van der Waals surface area contributed by atoms with Crippen LogP contribution in [0.1, 0.15) is 51.7 Å². The Morgan fingerprint density at radius 1 is 1.10 bits per heavy atom. The van der Waals surface area contributed by atoms with Crippen LogP contribution in [0.25, 0.3) is 5.57 Å². The molecule has 2 bridgehead atoms. The minimum atomic E-state index is -0.461. The van der Waals surface area contributed by atoms with Gasteiger partial charge >= 0.3 is 0 Å². The molecule has 3 nitrogen and oxygen atoms in total. The second kappa shape index (κ2) is 6.91. The number of aliphatic hydroxyl groups excluding tert-OH is 1. The van der Waals surface area contributed by atoms with E-state index in [2.05, 4.69) is 27.7 Å². The molecule has 0 radical (unpaired) electrons. The molecule has 1 saturated carbocycles. The molecular weight excluding hydrogens is 384 g/mol. The van der Waals surface area contributed by atoms with Crippen LogP contribution in [0.3, 0.4) is 0 Å². The van der Waals surface area contributed by atoms with Crippen LogP contribution in [0.2, 0.25) is 5.02 Å². The van der Waals surface area contributed by atoms with Gasteiger partial charge in [0.2, 0.25) is 0 Å². The van der Waals surface area contributed by atoms with Crippen LogP contribution in [0, 0.1) is 16.7 Å². The molecule has 0 aliphatic heterocycles. The van der Waals surface area contributed by atoms with Crippen LogP contribution >= 0.6 is 11.6 Å². The number of aliphatic hydroxyl groups is 1. The maximum atomic E-state index is 13.6. The molecule has 2 aliphatic carbocycles. The van der Waals surface area contributed by atoms with Gasteiger partial charge in [-0.2, -0.15) is 0 Å². The summed E-state index contributed by atoms with van der Waals surface area (Å²) in [5.41, 5.74) is 1.59. The number of fused-ring (bicyclic) bond motifs is 2. The maximum Gasteiger partial charge on any atom is 0.173 e. The molecule has 0 spiro atoms. The SMILES string of the molecule is CCc1ccc(Oc2ccc(Cl)cc2)cc1C1=C(O)[C@@H]2CC[C@](C)(C1=O)C2(C)C. The summed E-state index contributed by atoms with van der Waals surface area (Å²) < 4.78 is 6.00. The van der Waals surface area contributed by atoms with Crippen molar-refractivity contribution in [3.63, 3.8) is 0 Å².